The Bertz CT molecular complexity index is 608. The van der Waals surface area contributed by atoms with Crippen LogP contribution in [0.3, 0.4) is 0 Å². The second-order valence-electron chi connectivity index (χ2n) is 5.44. The number of hydrogen-bond acceptors (Lipinski definition) is 4. The number of carboxylic acids is 1. The van der Waals surface area contributed by atoms with Crippen molar-refractivity contribution in [2.45, 2.75) is 38.3 Å². The van der Waals surface area contributed by atoms with Gasteiger partial charge in [0.2, 0.25) is 5.72 Å². The minimum Gasteiger partial charge on any atom is -0.478 e. The van der Waals surface area contributed by atoms with Gasteiger partial charge >= 0.3 is 5.97 Å². The van der Waals surface area contributed by atoms with Crippen molar-refractivity contribution < 1.29 is 14.6 Å². The van der Waals surface area contributed by atoms with Crippen LogP contribution < -0.4 is 0 Å². The van der Waals surface area contributed by atoms with Gasteiger partial charge in [-0.25, -0.2) is 4.79 Å². The Kier molecular flexibility index (Phi) is 6.23. The lowest BCUT2D eigenvalue weighted by Crippen LogP contribution is -2.29. The largest absolute Gasteiger partial charge is 0.478 e. The molecule has 1 aromatic carbocycles. The molecule has 2 rings (SSSR count). The molecule has 0 spiro atoms. The molecule has 23 heavy (non-hydrogen) atoms. The SMILES string of the molecule is CCCCCOC1(N=Nc2ccccc2)C=CC(C(=O)O)=CC1. The van der Waals surface area contributed by atoms with E-state index in [1.54, 1.807) is 12.2 Å². The number of ether oxygens (including phenoxy) is 1. The molecular weight excluding hydrogens is 292 g/mol. The van der Waals surface area contributed by atoms with Gasteiger partial charge in [0.25, 0.3) is 0 Å². The Hall–Kier alpha value is -2.27. The number of hydrogen-bond donors (Lipinski definition) is 1. The number of benzene rings is 1. The Labute approximate surface area is 136 Å². The third-order valence-electron chi connectivity index (χ3n) is 3.58. The van der Waals surface area contributed by atoms with Gasteiger partial charge in [-0.15, -0.1) is 5.11 Å². The second kappa shape index (κ2) is 8.39. The molecule has 0 aromatic heterocycles. The van der Waals surface area contributed by atoms with Crippen LogP contribution in [0.5, 0.6) is 0 Å². The average molecular weight is 314 g/mol. The van der Waals surface area contributed by atoms with Gasteiger partial charge in [0.1, 0.15) is 0 Å². The molecule has 5 heteroatoms. The summed E-state index contributed by atoms with van der Waals surface area (Å²) < 4.78 is 5.94. The number of aliphatic carboxylic acids is 1. The first-order valence-electron chi connectivity index (χ1n) is 7.90. The van der Waals surface area contributed by atoms with Crippen LogP contribution in [0.2, 0.25) is 0 Å². The summed E-state index contributed by atoms with van der Waals surface area (Å²) in [5, 5.41) is 17.6. The topological polar surface area (TPSA) is 71.2 Å². The Morgan fingerprint density at radius 3 is 2.70 bits per heavy atom. The summed E-state index contributed by atoms with van der Waals surface area (Å²) in [4.78, 5) is 11.0. The molecule has 1 aromatic rings. The molecule has 5 nitrogen and oxygen atoms in total. The van der Waals surface area contributed by atoms with E-state index in [9.17, 15) is 4.79 Å². The van der Waals surface area contributed by atoms with Crippen molar-refractivity contribution in [3.05, 3.63) is 54.1 Å². The van der Waals surface area contributed by atoms with Gasteiger partial charge in [-0.05, 0) is 30.7 Å². The molecule has 122 valence electrons. The smallest absolute Gasteiger partial charge is 0.335 e. The van der Waals surface area contributed by atoms with Crippen LogP contribution in [0.4, 0.5) is 5.69 Å². The van der Waals surface area contributed by atoms with Gasteiger partial charge in [0.15, 0.2) is 0 Å². The summed E-state index contributed by atoms with van der Waals surface area (Å²) in [7, 11) is 0. The number of azo groups is 1. The summed E-state index contributed by atoms with van der Waals surface area (Å²) >= 11 is 0. The molecular formula is C18H22N2O3. The number of unbranched alkanes of at least 4 members (excludes halogenated alkanes) is 2. The van der Waals surface area contributed by atoms with Crippen molar-refractivity contribution in [3.63, 3.8) is 0 Å². The first-order chi connectivity index (χ1) is 11.2. The van der Waals surface area contributed by atoms with Gasteiger partial charge in [0, 0.05) is 13.0 Å². The fourth-order valence-electron chi connectivity index (χ4n) is 2.22. The van der Waals surface area contributed by atoms with Gasteiger partial charge in [-0.2, -0.15) is 5.11 Å². The number of carbonyl (C=O) groups is 1. The highest BCUT2D eigenvalue weighted by Crippen LogP contribution is 2.29. The lowest BCUT2D eigenvalue weighted by Gasteiger charge is -2.26. The molecule has 0 bridgehead atoms. The van der Waals surface area contributed by atoms with E-state index in [2.05, 4.69) is 17.2 Å². The van der Waals surface area contributed by atoms with Crippen molar-refractivity contribution in [1.82, 2.24) is 0 Å². The maximum atomic E-state index is 11.0. The maximum Gasteiger partial charge on any atom is 0.335 e. The van der Waals surface area contributed by atoms with Gasteiger partial charge in [-0.3, -0.25) is 0 Å². The maximum absolute atomic E-state index is 11.0. The van der Waals surface area contributed by atoms with E-state index in [4.69, 9.17) is 9.84 Å². The third kappa shape index (κ3) is 5.14. The fourth-order valence-corrected chi connectivity index (χ4v) is 2.22. The first-order valence-corrected chi connectivity index (χ1v) is 7.90. The zero-order valence-electron chi connectivity index (χ0n) is 13.3. The molecule has 0 radical (unpaired) electrons. The average Bonchev–Trinajstić information content (AvgIpc) is 2.58. The van der Waals surface area contributed by atoms with E-state index in [-0.39, 0.29) is 5.57 Å². The molecule has 0 fully saturated rings. The van der Waals surface area contributed by atoms with Crippen LogP contribution in [0.25, 0.3) is 0 Å². The van der Waals surface area contributed by atoms with Gasteiger partial charge in [-0.1, -0.05) is 44.0 Å². The quantitative estimate of drug-likeness (QED) is 0.561. The Morgan fingerprint density at radius 2 is 2.09 bits per heavy atom. The zero-order valence-corrected chi connectivity index (χ0v) is 13.3. The van der Waals surface area contributed by atoms with Crippen molar-refractivity contribution in [2.75, 3.05) is 6.61 Å². The minimum atomic E-state index is -0.944. The molecule has 1 atom stereocenters. The predicted octanol–water partition coefficient (Wildman–Crippen LogP) is 4.64. The monoisotopic (exact) mass is 314 g/mol. The standard InChI is InChI=1S/C18H22N2O3/c1-2-3-7-14-23-18(12-10-15(11-13-18)17(21)22)20-19-16-8-5-4-6-9-16/h4-6,8-12H,2-3,7,13-14H2,1H3,(H,21,22). The summed E-state index contributed by atoms with van der Waals surface area (Å²) in [6.07, 6.45) is 8.37. The van der Waals surface area contributed by atoms with Crippen molar-refractivity contribution in [1.29, 1.82) is 0 Å². The lowest BCUT2D eigenvalue weighted by molar-refractivity contribution is -0.132. The van der Waals surface area contributed by atoms with Gasteiger partial charge in [0.05, 0.1) is 11.3 Å². The molecule has 0 amide bonds. The highest BCUT2D eigenvalue weighted by molar-refractivity contribution is 5.90. The van der Waals surface area contributed by atoms with Gasteiger partial charge < -0.3 is 9.84 Å². The lowest BCUT2D eigenvalue weighted by atomic mass is 10.00. The summed E-state index contributed by atoms with van der Waals surface area (Å²) in [5.74, 6) is -0.944. The van der Waals surface area contributed by atoms with E-state index < -0.39 is 11.7 Å². The molecule has 1 aliphatic carbocycles. The molecule has 1 unspecified atom stereocenters. The normalized spacial score (nSPS) is 20.7. The first kappa shape index (κ1) is 17.1. The van der Waals surface area contributed by atoms with Crippen molar-refractivity contribution in [3.8, 4) is 0 Å². The van der Waals surface area contributed by atoms with Crippen LogP contribution in [-0.4, -0.2) is 23.4 Å². The second-order valence-corrected chi connectivity index (χ2v) is 5.44. The summed E-state index contributed by atoms with van der Waals surface area (Å²) in [6, 6.07) is 9.42. The minimum absolute atomic E-state index is 0.257. The molecule has 0 saturated heterocycles. The summed E-state index contributed by atoms with van der Waals surface area (Å²) in [6.45, 7) is 2.70. The Morgan fingerprint density at radius 1 is 1.30 bits per heavy atom. The van der Waals surface area contributed by atoms with Crippen molar-refractivity contribution in [2.24, 2.45) is 10.2 Å². The van der Waals surface area contributed by atoms with E-state index in [1.807, 2.05) is 30.3 Å². The third-order valence-corrected chi connectivity index (χ3v) is 3.58. The van der Waals surface area contributed by atoms with E-state index in [1.165, 1.54) is 6.08 Å². The number of rotatable bonds is 8. The van der Waals surface area contributed by atoms with Crippen LogP contribution in [-0.2, 0) is 9.53 Å². The Balaban J connectivity index is 2.11. The summed E-state index contributed by atoms with van der Waals surface area (Å²) in [5.41, 5.74) is 0.0841. The van der Waals surface area contributed by atoms with Crippen molar-refractivity contribution >= 4 is 11.7 Å². The van der Waals surface area contributed by atoms with E-state index in [0.29, 0.717) is 13.0 Å². The number of nitrogens with zero attached hydrogens (tertiary/aromatic N) is 2. The molecule has 0 aliphatic heterocycles. The van der Waals surface area contributed by atoms with Crippen LogP contribution in [0, 0.1) is 0 Å². The predicted molar refractivity (Wildman–Crippen MR) is 88.6 cm³/mol. The molecule has 1 N–H and O–H groups in total. The molecule has 0 saturated carbocycles. The van der Waals surface area contributed by atoms with Crippen LogP contribution in [0.15, 0.2) is 64.4 Å². The number of carboxylic acid groups (broad SMARTS) is 1. The van der Waals surface area contributed by atoms with E-state index in [0.717, 1.165) is 24.9 Å². The van der Waals surface area contributed by atoms with Crippen LogP contribution in [0.1, 0.15) is 32.6 Å². The van der Waals surface area contributed by atoms with Crippen LogP contribution >= 0.6 is 0 Å². The highest BCUT2D eigenvalue weighted by atomic mass is 16.5. The van der Waals surface area contributed by atoms with E-state index >= 15 is 0 Å². The highest BCUT2D eigenvalue weighted by Gasteiger charge is 2.30. The fraction of sp³-hybridized carbons (Fsp3) is 0.389. The molecule has 1 aliphatic rings. The molecule has 0 heterocycles. The zero-order chi connectivity index (χ0) is 16.5.